The van der Waals surface area contributed by atoms with Crippen LogP contribution in [0.3, 0.4) is 0 Å². The Bertz CT molecular complexity index is 77.0. The van der Waals surface area contributed by atoms with Gasteiger partial charge in [-0.05, 0) is 19.8 Å². The van der Waals surface area contributed by atoms with Crippen molar-refractivity contribution in [2.45, 2.75) is 19.8 Å². The van der Waals surface area contributed by atoms with E-state index in [1.165, 1.54) is 19.0 Å². The lowest BCUT2D eigenvalue weighted by atomic mass is 10.4. The summed E-state index contributed by atoms with van der Waals surface area (Å²) < 4.78 is 0. The highest BCUT2D eigenvalue weighted by molar-refractivity contribution is 7.75. The molecule has 0 amide bonds. The van der Waals surface area contributed by atoms with Crippen molar-refractivity contribution in [3.05, 3.63) is 0 Å². The normalized spacial score (nSPS) is 23.3. The summed E-state index contributed by atoms with van der Waals surface area (Å²) in [7, 11) is -0.301. The summed E-state index contributed by atoms with van der Waals surface area (Å²) in [6.45, 7) is 4.89. The van der Waals surface area contributed by atoms with Crippen molar-refractivity contribution in [2.24, 2.45) is 0 Å². The minimum atomic E-state index is -0.301. The molecule has 0 aliphatic carbocycles. The van der Waals surface area contributed by atoms with Crippen LogP contribution >= 0.6 is 7.26 Å². The lowest BCUT2D eigenvalue weighted by Crippen LogP contribution is -3.00. The van der Waals surface area contributed by atoms with Crippen LogP contribution in [0.2, 0.25) is 0 Å². The van der Waals surface area contributed by atoms with Gasteiger partial charge in [0.05, 0.1) is 18.5 Å². The molecule has 0 N–H and O–H groups in total. The number of halogens is 1. The summed E-state index contributed by atoms with van der Waals surface area (Å²) in [6, 6.07) is 0. The van der Waals surface area contributed by atoms with Gasteiger partial charge in [0.2, 0.25) is 0 Å². The first-order valence-corrected chi connectivity index (χ1v) is 6.39. The van der Waals surface area contributed by atoms with Crippen LogP contribution in [0.15, 0.2) is 0 Å². The van der Waals surface area contributed by atoms with Gasteiger partial charge < -0.3 is 17.0 Å². The SMILES string of the molecule is CC[P+]1(C)CCCC1.[Br-]. The van der Waals surface area contributed by atoms with E-state index in [4.69, 9.17) is 0 Å². The van der Waals surface area contributed by atoms with Crippen LogP contribution in [0.5, 0.6) is 0 Å². The third kappa shape index (κ3) is 2.55. The van der Waals surface area contributed by atoms with Crippen molar-refractivity contribution >= 4 is 7.26 Å². The first kappa shape index (κ1) is 9.91. The van der Waals surface area contributed by atoms with Crippen LogP contribution in [-0.4, -0.2) is 25.2 Å². The summed E-state index contributed by atoms with van der Waals surface area (Å²) in [4.78, 5) is 0. The van der Waals surface area contributed by atoms with Gasteiger partial charge in [-0.25, -0.2) is 0 Å². The standard InChI is InChI=1S/C7H16P.BrH/c1-3-8(2)6-4-5-7-8;/h3-7H2,1-2H3;1H/q+1;/p-1. The van der Waals surface area contributed by atoms with Gasteiger partial charge in [-0.15, -0.1) is 0 Å². The Kier molecular flexibility index (Phi) is 4.33. The van der Waals surface area contributed by atoms with E-state index in [0.717, 1.165) is 0 Å². The Hall–Kier alpha value is 0.910. The van der Waals surface area contributed by atoms with Crippen LogP contribution in [0, 0.1) is 0 Å². The predicted molar refractivity (Wildman–Crippen MR) is 42.4 cm³/mol. The minimum absolute atomic E-state index is 0. The molecule has 0 atom stereocenters. The molecule has 0 aromatic carbocycles. The Morgan fingerprint density at radius 1 is 1.22 bits per heavy atom. The molecule has 0 aromatic rings. The Morgan fingerprint density at radius 2 is 1.67 bits per heavy atom. The fourth-order valence-electron chi connectivity index (χ4n) is 1.42. The van der Waals surface area contributed by atoms with Crippen molar-refractivity contribution in [1.29, 1.82) is 0 Å². The van der Waals surface area contributed by atoms with Crippen LogP contribution < -0.4 is 17.0 Å². The van der Waals surface area contributed by atoms with Crippen molar-refractivity contribution in [3.8, 4) is 0 Å². The Morgan fingerprint density at radius 3 is 1.89 bits per heavy atom. The van der Waals surface area contributed by atoms with E-state index < -0.39 is 0 Å². The van der Waals surface area contributed by atoms with Crippen LogP contribution in [-0.2, 0) is 0 Å². The second-order valence-electron chi connectivity index (χ2n) is 3.09. The highest BCUT2D eigenvalue weighted by atomic mass is 79.9. The van der Waals surface area contributed by atoms with E-state index >= 15 is 0 Å². The number of hydrogen-bond acceptors (Lipinski definition) is 0. The van der Waals surface area contributed by atoms with Crippen LogP contribution in [0.1, 0.15) is 19.8 Å². The van der Waals surface area contributed by atoms with Gasteiger partial charge in [0, 0.05) is 13.9 Å². The summed E-state index contributed by atoms with van der Waals surface area (Å²) in [5.74, 6) is 0. The Labute approximate surface area is 69.5 Å². The zero-order valence-electron chi connectivity index (χ0n) is 6.36. The molecular weight excluding hydrogens is 195 g/mol. The van der Waals surface area contributed by atoms with Crippen molar-refractivity contribution in [3.63, 3.8) is 0 Å². The second kappa shape index (κ2) is 3.93. The molecule has 0 bridgehead atoms. The molecule has 0 radical (unpaired) electrons. The average molecular weight is 211 g/mol. The van der Waals surface area contributed by atoms with Crippen molar-refractivity contribution < 1.29 is 17.0 Å². The van der Waals surface area contributed by atoms with Crippen LogP contribution in [0.4, 0.5) is 0 Å². The smallest absolute Gasteiger partial charge is 0.0592 e. The van der Waals surface area contributed by atoms with Gasteiger partial charge in [0.25, 0.3) is 0 Å². The van der Waals surface area contributed by atoms with E-state index in [1.54, 1.807) is 12.3 Å². The Balaban J connectivity index is 0.000000640. The molecule has 1 rings (SSSR count). The molecule has 0 spiro atoms. The van der Waals surface area contributed by atoms with Gasteiger partial charge in [0.15, 0.2) is 0 Å². The lowest BCUT2D eigenvalue weighted by Gasteiger charge is -2.12. The quantitative estimate of drug-likeness (QED) is 0.510. The average Bonchev–Trinajstić information content (AvgIpc) is 2.17. The van der Waals surface area contributed by atoms with E-state index in [-0.39, 0.29) is 24.2 Å². The molecule has 1 heterocycles. The lowest BCUT2D eigenvalue weighted by molar-refractivity contribution is -0.00000191. The summed E-state index contributed by atoms with van der Waals surface area (Å²) in [6.07, 6.45) is 7.72. The first-order valence-electron chi connectivity index (χ1n) is 3.60. The van der Waals surface area contributed by atoms with E-state index in [2.05, 4.69) is 13.6 Å². The van der Waals surface area contributed by atoms with Gasteiger partial charge in [0.1, 0.15) is 0 Å². The highest BCUT2D eigenvalue weighted by Gasteiger charge is 2.32. The monoisotopic (exact) mass is 210 g/mol. The molecule has 0 saturated carbocycles. The third-order valence-electron chi connectivity index (χ3n) is 2.41. The van der Waals surface area contributed by atoms with E-state index in [1.807, 2.05) is 0 Å². The zero-order valence-corrected chi connectivity index (χ0v) is 8.84. The number of hydrogen-bond donors (Lipinski definition) is 0. The molecule has 0 aromatic heterocycles. The molecule has 2 heteroatoms. The third-order valence-corrected chi connectivity index (χ3v) is 6.73. The maximum atomic E-state index is 2.53. The first-order chi connectivity index (χ1) is 3.77. The fraction of sp³-hybridized carbons (Fsp3) is 1.00. The molecule has 0 nitrogen and oxygen atoms in total. The summed E-state index contributed by atoms with van der Waals surface area (Å²) in [5.41, 5.74) is 0. The topological polar surface area (TPSA) is 0 Å². The summed E-state index contributed by atoms with van der Waals surface area (Å²) >= 11 is 0. The van der Waals surface area contributed by atoms with Gasteiger partial charge in [-0.1, -0.05) is 0 Å². The molecule has 1 aliphatic heterocycles. The maximum absolute atomic E-state index is 2.53. The molecule has 1 saturated heterocycles. The molecule has 0 unspecified atom stereocenters. The second-order valence-corrected chi connectivity index (χ2v) is 7.86. The highest BCUT2D eigenvalue weighted by Crippen LogP contribution is 2.59. The van der Waals surface area contributed by atoms with Crippen molar-refractivity contribution in [2.75, 3.05) is 25.2 Å². The fourth-order valence-corrected chi connectivity index (χ4v) is 4.25. The van der Waals surface area contributed by atoms with Gasteiger partial charge in [-0.3, -0.25) is 0 Å². The molecule has 56 valence electrons. The van der Waals surface area contributed by atoms with Crippen molar-refractivity contribution in [1.82, 2.24) is 0 Å². The minimum Gasteiger partial charge on any atom is -1.00 e. The van der Waals surface area contributed by atoms with E-state index in [9.17, 15) is 0 Å². The molecular formula is C7H16BrP. The van der Waals surface area contributed by atoms with E-state index in [0.29, 0.717) is 0 Å². The molecule has 1 fully saturated rings. The molecule has 1 aliphatic rings. The van der Waals surface area contributed by atoms with Crippen LogP contribution in [0.25, 0.3) is 0 Å². The largest absolute Gasteiger partial charge is 1.00 e. The predicted octanol–water partition coefficient (Wildman–Crippen LogP) is -0.548. The molecule has 9 heavy (non-hydrogen) atoms. The maximum Gasteiger partial charge on any atom is 0.0592 e. The van der Waals surface area contributed by atoms with Gasteiger partial charge in [-0.2, -0.15) is 0 Å². The van der Waals surface area contributed by atoms with Gasteiger partial charge >= 0.3 is 0 Å². The number of rotatable bonds is 1. The zero-order chi connectivity index (χ0) is 6.04. The summed E-state index contributed by atoms with van der Waals surface area (Å²) in [5, 5.41) is 0.